The fraction of sp³-hybridized carbons (Fsp3) is 0.0500. The Balaban J connectivity index is 1.63. The van der Waals surface area contributed by atoms with Gasteiger partial charge in [0.2, 0.25) is 5.69 Å². The van der Waals surface area contributed by atoms with E-state index in [-0.39, 0.29) is 4.59 Å². The molecule has 2 aromatic heterocycles. The Bertz CT molecular complexity index is 1130. The lowest BCUT2D eigenvalue weighted by Crippen LogP contribution is -2.44. The molecule has 5 rings (SSSR count). The zero-order chi connectivity index (χ0) is 18.3. The molecule has 0 amide bonds. The summed E-state index contributed by atoms with van der Waals surface area (Å²) in [4.78, 5) is 4.54. The highest BCUT2D eigenvalue weighted by Crippen LogP contribution is 2.42. The van der Waals surface area contributed by atoms with Crippen LogP contribution in [-0.2, 0) is 6.54 Å². The van der Waals surface area contributed by atoms with E-state index in [0.29, 0.717) is 24.0 Å². The number of aliphatic imine (C=N–C) groups is 1. The average molecular weight is 356 g/mol. The number of fused-ring (bicyclic) bond motifs is 3. The van der Waals surface area contributed by atoms with Crippen molar-refractivity contribution in [1.29, 1.82) is 5.26 Å². The minimum atomic E-state index is -0.372. The third-order valence-electron chi connectivity index (χ3n) is 4.52. The molecule has 0 fully saturated rings. The van der Waals surface area contributed by atoms with Gasteiger partial charge < -0.3 is 14.2 Å². The van der Waals surface area contributed by atoms with Gasteiger partial charge in [-0.15, -0.1) is 5.26 Å². The summed E-state index contributed by atoms with van der Waals surface area (Å²) in [7, 11) is 0. The fourth-order valence-electron chi connectivity index (χ4n) is 3.30. The minimum absolute atomic E-state index is 0.372. The molecule has 2 aliphatic rings. The normalized spacial score (nSPS) is 19.7. The first kappa shape index (κ1) is 15.4. The van der Waals surface area contributed by atoms with Crippen molar-refractivity contribution in [3.63, 3.8) is 0 Å². The molecule has 4 heterocycles. The predicted molar refractivity (Wildman–Crippen MR) is 102 cm³/mol. The van der Waals surface area contributed by atoms with Crippen molar-refractivity contribution in [3.8, 4) is 6.19 Å². The summed E-state index contributed by atoms with van der Waals surface area (Å²) in [5, 5.41) is 18.1. The largest absolute Gasteiger partial charge is 0.467 e. The molecule has 0 spiro atoms. The summed E-state index contributed by atoms with van der Waals surface area (Å²) >= 11 is 0. The first-order valence-electron chi connectivity index (χ1n) is 8.42. The van der Waals surface area contributed by atoms with Crippen molar-refractivity contribution >= 4 is 29.1 Å². The summed E-state index contributed by atoms with van der Waals surface area (Å²) in [6.45, 7) is 0.500. The molecule has 0 radical (unpaired) electrons. The van der Waals surface area contributed by atoms with E-state index < -0.39 is 0 Å². The number of anilines is 1. The Morgan fingerprint density at radius 2 is 1.93 bits per heavy atom. The molecule has 2 aliphatic heterocycles. The van der Waals surface area contributed by atoms with Gasteiger partial charge in [-0.1, -0.05) is 6.07 Å². The Morgan fingerprint density at radius 3 is 2.70 bits per heavy atom. The highest BCUT2D eigenvalue weighted by atomic mass is 16.3. The molecule has 130 valence electrons. The summed E-state index contributed by atoms with van der Waals surface area (Å²) in [5.41, 5.74) is 2.44. The van der Waals surface area contributed by atoms with Crippen LogP contribution in [0.2, 0.25) is 0 Å². The molecule has 0 saturated carbocycles. The van der Waals surface area contributed by atoms with E-state index in [0.717, 1.165) is 22.7 Å². The molecule has 7 heteroatoms. The number of nitrogens with one attached hydrogen (secondary N) is 1. The molecule has 0 saturated heterocycles. The van der Waals surface area contributed by atoms with Crippen LogP contribution in [0.1, 0.15) is 17.1 Å². The van der Waals surface area contributed by atoms with Crippen molar-refractivity contribution in [1.82, 2.24) is 4.59 Å². The minimum Gasteiger partial charge on any atom is -0.467 e. The lowest BCUT2D eigenvalue weighted by molar-refractivity contribution is 0.517. The molecule has 0 aliphatic carbocycles. The van der Waals surface area contributed by atoms with Crippen LogP contribution < -0.4 is 9.91 Å². The highest BCUT2D eigenvalue weighted by Gasteiger charge is 2.49. The van der Waals surface area contributed by atoms with Gasteiger partial charge in [0.05, 0.1) is 19.1 Å². The predicted octanol–water partition coefficient (Wildman–Crippen LogP) is 4.07. The van der Waals surface area contributed by atoms with Gasteiger partial charge in [-0.05, 0) is 52.2 Å². The molecular weight excluding hydrogens is 342 g/mol. The van der Waals surface area contributed by atoms with Crippen LogP contribution in [0, 0.1) is 11.5 Å². The molecule has 1 aromatic carbocycles. The molecule has 1 N–H and O–H groups in total. The van der Waals surface area contributed by atoms with Gasteiger partial charge in [0.15, 0.2) is 5.76 Å². The van der Waals surface area contributed by atoms with Crippen molar-refractivity contribution < 1.29 is 8.83 Å². The molecule has 1 atom stereocenters. The van der Waals surface area contributed by atoms with E-state index in [9.17, 15) is 5.26 Å². The van der Waals surface area contributed by atoms with Crippen LogP contribution in [0.25, 0.3) is 6.08 Å². The van der Waals surface area contributed by atoms with Crippen LogP contribution in [-0.4, -0.2) is 11.7 Å². The quantitative estimate of drug-likeness (QED) is 0.564. The standard InChI is InChI=1S/C20H14N5O2/c21-13-25-18(23-20(24-25)17-7-3-11-27-17)9-8-14-4-1-6-16(19(14)25)22-12-15-5-2-10-26-15/h1-11,22H,12H2/q+1. The first-order valence-corrected chi connectivity index (χ1v) is 8.42. The fourth-order valence-corrected chi connectivity index (χ4v) is 3.30. The number of hydrogen-bond donors (Lipinski definition) is 1. The first-order chi connectivity index (χ1) is 13.3. The number of quaternary nitrogens is 1. The Hall–Kier alpha value is -3.89. The second kappa shape index (κ2) is 5.83. The van der Waals surface area contributed by atoms with Gasteiger partial charge in [-0.3, -0.25) is 0 Å². The molecular formula is C20H14N5O2+. The maximum absolute atomic E-state index is 10.1. The van der Waals surface area contributed by atoms with Crippen molar-refractivity contribution in [2.24, 2.45) is 10.1 Å². The Kier molecular flexibility index (Phi) is 3.32. The molecule has 3 aromatic rings. The van der Waals surface area contributed by atoms with Gasteiger partial charge in [0, 0.05) is 11.6 Å². The Morgan fingerprint density at radius 1 is 1.04 bits per heavy atom. The number of nitrogens with zero attached hydrogens (tertiary/aromatic N) is 4. The van der Waals surface area contributed by atoms with Crippen LogP contribution in [0.3, 0.4) is 0 Å². The average Bonchev–Trinajstić information content (AvgIpc) is 3.46. The lowest BCUT2D eigenvalue weighted by Gasteiger charge is -2.25. The second-order valence-corrected chi connectivity index (χ2v) is 6.12. The van der Waals surface area contributed by atoms with Gasteiger partial charge in [0.1, 0.15) is 11.4 Å². The van der Waals surface area contributed by atoms with Crippen molar-refractivity contribution in [2.75, 3.05) is 5.32 Å². The van der Waals surface area contributed by atoms with E-state index in [1.165, 1.54) is 0 Å². The summed E-state index contributed by atoms with van der Waals surface area (Å²) in [6, 6.07) is 13.1. The molecule has 27 heavy (non-hydrogen) atoms. The second-order valence-electron chi connectivity index (χ2n) is 6.12. The number of furan rings is 2. The smallest absolute Gasteiger partial charge is 0.351 e. The van der Waals surface area contributed by atoms with Crippen LogP contribution in [0.15, 0.2) is 80.0 Å². The molecule has 0 bridgehead atoms. The van der Waals surface area contributed by atoms with Crippen LogP contribution >= 0.6 is 0 Å². The maximum atomic E-state index is 10.1. The van der Waals surface area contributed by atoms with E-state index in [1.807, 2.05) is 42.5 Å². The summed E-state index contributed by atoms with van der Waals surface area (Å²) in [5.74, 6) is 2.26. The number of benzene rings is 1. The third kappa shape index (κ3) is 2.32. The van der Waals surface area contributed by atoms with Crippen LogP contribution in [0.4, 0.5) is 11.4 Å². The summed E-state index contributed by atoms with van der Waals surface area (Å²) < 4.78 is 10.4. The highest BCUT2D eigenvalue weighted by molar-refractivity contribution is 6.21. The van der Waals surface area contributed by atoms with Crippen molar-refractivity contribution in [2.45, 2.75) is 6.54 Å². The van der Waals surface area contributed by atoms with Crippen LogP contribution in [0.5, 0.6) is 0 Å². The Labute approximate surface area is 154 Å². The third-order valence-corrected chi connectivity index (χ3v) is 4.52. The van der Waals surface area contributed by atoms with E-state index in [4.69, 9.17) is 8.83 Å². The van der Waals surface area contributed by atoms with Gasteiger partial charge in [-0.25, -0.2) is 0 Å². The van der Waals surface area contributed by atoms with Crippen molar-refractivity contribution in [3.05, 3.63) is 78.2 Å². The monoisotopic (exact) mass is 356 g/mol. The van der Waals surface area contributed by atoms with E-state index in [1.54, 1.807) is 24.7 Å². The SMILES string of the molecule is N#C[N+]12N=C(c3ccco3)N=C1C=Cc1cccc(NCc3ccco3)c12. The van der Waals surface area contributed by atoms with Gasteiger partial charge >= 0.3 is 6.19 Å². The number of rotatable bonds is 4. The number of para-hydroxylation sites is 1. The zero-order valence-electron chi connectivity index (χ0n) is 14.2. The zero-order valence-corrected chi connectivity index (χ0v) is 14.2. The maximum Gasteiger partial charge on any atom is 0.351 e. The van der Waals surface area contributed by atoms with Gasteiger partial charge in [-0.2, -0.15) is 4.99 Å². The number of amidine groups is 2. The van der Waals surface area contributed by atoms with E-state index in [2.05, 4.69) is 21.6 Å². The number of nitriles is 1. The van der Waals surface area contributed by atoms with E-state index >= 15 is 0 Å². The lowest BCUT2D eigenvalue weighted by atomic mass is 10.0. The number of hydrogen-bond acceptors (Lipinski definition) is 6. The topological polar surface area (TPSA) is 86.8 Å². The summed E-state index contributed by atoms with van der Waals surface area (Å²) in [6.07, 6.45) is 9.29. The molecule has 7 nitrogen and oxygen atoms in total. The van der Waals surface area contributed by atoms with Gasteiger partial charge in [0.25, 0.3) is 11.7 Å². The molecule has 1 unspecified atom stereocenters.